The van der Waals surface area contributed by atoms with Crippen molar-refractivity contribution >= 4 is 5.91 Å². The first kappa shape index (κ1) is 10.2. The predicted octanol–water partition coefficient (Wildman–Crippen LogP) is 1.48. The van der Waals surface area contributed by atoms with Gasteiger partial charge < -0.3 is 10.1 Å². The maximum atomic E-state index is 11.5. The van der Waals surface area contributed by atoms with Gasteiger partial charge in [-0.2, -0.15) is 0 Å². The monoisotopic (exact) mass is 205 g/mol. The third-order valence-electron chi connectivity index (χ3n) is 2.56. The molecule has 0 bridgehead atoms. The van der Waals surface area contributed by atoms with E-state index >= 15 is 0 Å². The highest BCUT2D eigenvalue weighted by Gasteiger charge is 2.31. The smallest absolute Gasteiger partial charge is 0.251 e. The Labute approximate surface area is 89.4 Å². The Balaban J connectivity index is 1.99. The average molecular weight is 205 g/mol. The fraction of sp³-hybridized carbons (Fsp3) is 0.417. The number of carbonyl (C=O) groups excluding carboxylic acids is 1. The summed E-state index contributed by atoms with van der Waals surface area (Å²) in [6, 6.07) is 9.93. The van der Waals surface area contributed by atoms with Crippen molar-refractivity contribution in [1.82, 2.24) is 5.32 Å². The number of carbonyl (C=O) groups is 1. The number of benzene rings is 1. The summed E-state index contributed by atoms with van der Waals surface area (Å²) in [6.45, 7) is 2.00. The Bertz CT molecular complexity index is 337. The minimum atomic E-state index is -0.322. The van der Waals surface area contributed by atoms with Crippen molar-refractivity contribution in [2.45, 2.75) is 32.1 Å². The van der Waals surface area contributed by atoms with Crippen LogP contribution in [0.2, 0.25) is 0 Å². The van der Waals surface area contributed by atoms with E-state index in [0.717, 1.165) is 12.0 Å². The Morgan fingerprint density at radius 1 is 1.33 bits per heavy atom. The summed E-state index contributed by atoms with van der Waals surface area (Å²) in [5.74, 6) is 0.00528. The van der Waals surface area contributed by atoms with Gasteiger partial charge >= 0.3 is 0 Å². The topological polar surface area (TPSA) is 38.3 Å². The summed E-state index contributed by atoms with van der Waals surface area (Å²) in [5, 5.41) is 2.81. The molecule has 0 saturated carbocycles. The molecular formula is C12H15NO2. The predicted molar refractivity (Wildman–Crippen MR) is 57.2 cm³/mol. The number of rotatable bonds is 3. The van der Waals surface area contributed by atoms with E-state index in [1.54, 1.807) is 0 Å². The molecule has 1 aromatic rings. The van der Waals surface area contributed by atoms with Crippen LogP contribution in [0.1, 0.15) is 18.9 Å². The summed E-state index contributed by atoms with van der Waals surface area (Å²) in [6.07, 6.45) is 1.05. The third-order valence-corrected chi connectivity index (χ3v) is 2.56. The number of ether oxygens (including phenoxy) is 1. The van der Waals surface area contributed by atoms with Gasteiger partial charge in [-0.05, 0) is 12.0 Å². The van der Waals surface area contributed by atoms with Crippen LogP contribution in [0.5, 0.6) is 0 Å². The lowest BCUT2D eigenvalue weighted by molar-refractivity contribution is -0.123. The van der Waals surface area contributed by atoms with Crippen molar-refractivity contribution in [3.8, 4) is 0 Å². The SMILES string of the molecule is CC[C@H]1NC(=O)[C@H](Cc2ccccc2)O1. The lowest BCUT2D eigenvalue weighted by atomic mass is 10.1. The maximum Gasteiger partial charge on any atom is 0.251 e. The molecule has 0 spiro atoms. The van der Waals surface area contributed by atoms with Crippen molar-refractivity contribution in [1.29, 1.82) is 0 Å². The molecule has 1 aliphatic rings. The summed E-state index contributed by atoms with van der Waals surface area (Å²) >= 11 is 0. The lowest BCUT2D eigenvalue weighted by Crippen LogP contribution is -2.27. The molecule has 0 aliphatic carbocycles. The van der Waals surface area contributed by atoms with Gasteiger partial charge in [0, 0.05) is 6.42 Å². The minimum Gasteiger partial charge on any atom is -0.345 e. The second kappa shape index (κ2) is 4.45. The molecule has 1 amide bonds. The Hall–Kier alpha value is -1.35. The summed E-state index contributed by atoms with van der Waals surface area (Å²) in [4.78, 5) is 11.5. The van der Waals surface area contributed by atoms with Crippen molar-refractivity contribution < 1.29 is 9.53 Å². The third kappa shape index (κ3) is 2.36. The van der Waals surface area contributed by atoms with Gasteiger partial charge in [-0.15, -0.1) is 0 Å². The van der Waals surface area contributed by atoms with E-state index < -0.39 is 0 Å². The Morgan fingerprint density at radius 3 is 2.67 bits per heavy atom. The van der Waals surface area contributed by atoms with E-state index in [0.29, 0.717) is 6.42 Å². The number of amides is 1. The van der Waals surface area contributed by atoms with Crippen LogP contribution < -0.4 is 5.32 Å². The van der Waals surface area contributed by atoms with E-state index in [9.17, 15) is 4.79 Å². The van der Waals surface area contributed by atoms with Crippen LogP contribution in [0.3, 0.4) is 0 Å². The number of hydrogen-bond donors (Lipinski definition) is 1. The fourth-order valence-corrected chi connectivity index (χ4v) is 1.71. The van der Waals surface area contributed by atoms with Crippen LogP contribution in [0, 0.1) is 0 Å². The second-order valence-electron chi connectivity index (χ2n) is 3.72. The number of nitrogens with one attached hydrogen (secondary N) is 1. The molecular weight excluding hydrogens is 190 g/mol. The van der Waals surface area contributed by atoms with Crippen molar-refractivity contribution in [3.05, 3.63) is 35.9 Å². The Morgan fingerprint density at radius 2 is 2.07 bits per heavy atom. The molecule has 3 nitrogen and oxygen atoms in total. The molecule has 0 radical (unpaired) electrons. The molecule has 1 aromatic carbocycles. The highest BCUT2D eigenvalue weighted by Crippen LogP contribution is 2.14. The van der Waals surface area contributed by atoms with E-state index in [2.05, 4.69) is 5.32 Å². The van der Waals surface area contributed by atoms with Crippen LogP contribution >= 0.6 is 0 Å². The van der Waals surface area contributed by atoms with Crippen molar-refractivity contribution in [3.63, 3.8) is 0 Å². The van der Waals surface area contributed by atoms with Gasteiger partial charge in [-0.3, -0.25) is 4.79 Å². The van der Waals surface area contributed by atoms with E-state index in [4.69, 9.17) is 4.74 Å². The van der Waals surface area contributed by atoms with Crippen molar-refractivity contribution in [2.24, 2.45) is 0 Å². The summed E-state index contributed by atoms with van der Waals surface area (Å²) in [5.41, 5.74) is 1.13. The normalized spacial score (nSPS) is 25.3. The minimum absolute atomic E-state index is 0.00528. The zero-order valence-electron chi connectivity index (χ0n) is 8.77. The largest absolute Gasteiger partial charge is 0.345 e. The van der Waals surface area contributed by atoms with Gasteiger partial charge in [-0.1, -0.05) is 37.3 Å². The molecule has 1 N–H and O–H groups in total. The molecule has 3 heteroatoms. The van der Waals surface area contributed by atoms with Crippen LogP contribution in [0.25, 0.3) is 0 Å². The Kier molecular flexibility index (Phi) is 3.02. The van der Waals surface area contributed by atoms with Crippen molar-refractivity contribution in [2.75, 3.05) is 0 Å². The molecule has 0 unspecified atom stereocenters. The van der Waals surface area contributed by atoms with E-state index in [-0.39, 0.29) is 18.2 Å². The van der Waals surface area contributed by atoms with Gasteiger partial charge in [-0.25, -0.2) is 0 Å². The molecule has 15 heavy (non-hydrogen) atoms. The molecule has 1 fully saturated rings. The summed E-state index contributed by atoms with van der Waals surface area (Å²) < 4.78 is 5.57. The molecule has 2 rings (SSSR count). The van der Waals surface area contributed by atoms with Gasteiger partial charge in [0.2, 0.25) is 0 Å². The highest BCUT2D eigenvalue weighted by atomic mass is 16.5. The molecule has 1 heterocycles. The zero-order valence-corrected chi connectivity index (χ0v) is 8.77. The first-order valence-corrected chi connectivity index (χ1v) is 5.29. The van der Waals surface area contributed by atoms with Gasteiger partial charge in [0.05, 0.1) is 0 Å². The van der Waals surface area contributed by atoms with Gasteiger partial charge in [0.15, 0.2) is 0 Å². The lowest BCUT2D eigenvalue weighted by Gasteiger charge is -2.08. The van der Waals surface area contributed by atoms with Crippen LogP contribution in [0.4, 0.5) is 0 Å². The molecule has 2 atom stereocenters. The molecule has 1 aliphatic heterocycles. The molecule has 0 aromatic heterocycles. The highest BCUT2D eigenvalue weighted by molar-refractivity contribution is 5.82. The standard InChI is InChI=1S/C12H15NO2/c1-2-11-13-12(14)10(15-11)8-9-6-4-3-5-7-9/h3-7,10-11H,2,8H2,1H3,(H,13,14)/t10-,11-/m0/s1. The van der Waals surface area contributed by atoms with Crippen LogP contribution in [-0.2, 0) is 16.0 Å². The fourth-order valence-electron chi connectivity index (χ4n) is 1.71. The van der Waals surface area contributed by atoms with Gasteiger partial charge in [0.1, 0.15) is 12.3 Å². The summed E-state index contributed by atoms with van der Waals surface area (Å²) in [7, 11) is 0. The first-order chi connectivity index (χ1) is 7.29. The maximum absolute atomic E-state index is 11.5. The van der Waals surface area contributed by atoms with Crippen LogP contribution in [0.15, 0.2) is 30.3 Å². The number of hydrogen-bond acceptors (Lipinski definition) is 2. The second-order valence-corrected chi connectivity index (χ2v) is 3.72. The zero-order chi connectivity index (χ0) is 10.7. The van der Waals surface area contributed by atoms with Gasteiger partial charge in [0.25, 0.3) is 5.91 Å². The quantitative estimate of drug-likeness (QED) is 0.811. The van der Waals surface area contributed by atoms with E-state index in [1.165, 1.54) is 0 Å². The average Bonchev–Trinajstić information content (AvgIpc) is 2.61. The van der Waals surface area contributed by atoms with Crippen LogP contribution in [-0.4, -0.2) is 18.2 Å². The first-order valence-electron chi connectivity index (χ1n) is 5.29. The molecule has 1 saturated heterocycles. The van der Waals surface area contributed by atoms with E-state index in [1.807, 2.05) is 37.3 Å². The molecule has 80 valence electrons.